The molecule has 2 heterocycles. The standard InChI is InChI=1S/C7H14N2O2.C6H12N2O/c1-2-11-7(10)9-5-3-8-4-6-9;1-5(9)8-6-2-3-7-4-6/h8H,2-6H2,1H3;6-7H,2-4H2,1H3,(H,8,9). The van der Waals surface area contributed by atoms with Gasteiger partial charge in [0, 0.05) is 45.7 Å². The molecule has 7 heteroatoms. The highest BCUT2D eigenvalue weighted by Gasteiger charge is 2.16. The summed E-state index contributed by atoms with van der Waals surface area (Å²) in [6.07, 6.45) is 0.883. The van der Waals surface area contributed by atoms with Crippen molar-refractivity contribution < 1.29 is 14.3 Å². The van der Waals surface area contributed by atoms with Crippen molar-refractivity contribution >= 4 is 12.0 Å². The van der Waals surface area contributed by atoms with E-state index in [1.165, 1.54) is 0 Å². The van der Waals surface area contributed by atoms with Crippen molar-refractivity contribution in [2.45, 2.75) is 26.3 Å². The van der Waals surface area contributed by atoms with Crippen LogP contribution in [0.25, 0.3) is 0 Å². The second kappa shape index (κ2) is 9.55. The topological polar surface area (TPSA) is 82.7 Å². The molecule has 2 aliphatic rings. The molecule has 0 aromatic carbocycles. The third-order valence-corrected chi connectivity index (χ3v) is 3.11. The van der Waals surface area contributed by atoms with Crippen molar-refractivity contribution in [2.24, 2.45) is 0 Å². The maximum atomic E-state index is 11.1. The lowest BCUT2D eigenvalue weighted by Crippen LogP contribution is -2.46. The third kappa shape index (κ3) is 6.72. The number of nitrogens with zero attached hydrogens (tertiary/aromatic N) is 1. The highest BCUT2D eigenvalue weighted by atomic mass is 16.6. The molecule has 3 N–H and O–H groups in total. The Balaban J connectivity index is 0.000000204. The Bertz CT molecular complexity index is 300. The number of carbonyl (C=O) groups excluding carboxylic acids is 2. The predicted molar refractivity (Wildman–Crippen MR) is 76.6 cm³/mol. The summed E-state index contributed by atoms with van der Waals surface area (Å²) in [5.74, 6) is 0.0729. The van der Waals surface area contributed by atoms with Gasteiger partial charge in [-0.15, -0.1) is 0 Å². The van der Waals surface area contributed by atoms with Crippen LogP contribution in [-0.4, -0.2) is 68.8 Å². The van der Waals surface area contributed by atoms with Gasteiger partial charge in [-0.3, -0.25) is 4.79 Å². The van der Waals surface area contributed by atoms with E-state index in [1.54, 1.807) is 11.8 Å². The molecule has 0 saturated carbocycles. The zero-order valence-corrected chi connectivity index (χ0v) is 12.4. The number of rotatable bonds is 2. The zero-order valence-electron chi connectivity index (χ0n) is 12.4. The Morgan fingerprint density at radius 1 is 1.25 bits per heavy atom. The summed E-state index contributed by atoms with van der Waals surface area (Å²) in [6, 6.07) is 0.377. The van der Waals surface area contributed by atoms with Gasteiger partial charge in [-0.2, -0.15) is 0 Å². The number of hydrogen-bond acceptors (Lipinski definition) is 5. The molecular formula is C13H26N4O3. The molecule has 116 valence electrons. The largest absolute Gasteiger partial charge is 0.450 e. The highest BCUT2D eigenvalue weighted by molar-refractivity contribution is 5.73. The molecule has 1 unspecified atom stereocenters. The molecule has 2 rings (SSSR count). The third-order valence-electron chi connectivity index (χ3n) is 3.11. The van der Waals surface area contributed by atoms with Crippen molar-refractivity contribution in [1.29, 1.82) is 0 Å². The van der Waals surface area contributed by atoms with E-state index in [0.717, 1.165) is 45.7 Å². The molecule has 0 aromatic heterocycles. The van der Waals surface area contributed by atoms with Crippen molar-refractivity contribution in [3.05, 3.63) is 0 Å². The van der Waals surface area contributed by atoms with Crippen molar-refractivity contribution in [1.82, 2.24) is 20.9 Å². The predicted octanol–water partition coefficient (Wildman–Crippen LogP) is -0.467. The van der Waals surface area contributed by atoms with Crippen LogP contribution < -0.4 is 16.0 Å². The molecular weight excluding hydrogens is 260 g/mol. The quantitative estimate of drug-likeness (QED) is 0.639. The lowest BCUT2D eigenvalue weighted by molar-refractivity contribution is -0.119. The van der Waals surface area contributed by atoms with Gasteiger partial charge in [0.25, 0.3) is 0 Å². The minimum Gasteiger partial charge on any atom is -0.450 e. The first kappa shape index (κ1) is 16.7. The molecule has 7 nitrogen and oxygen atoms in total. The normalized spacial score (nSPS) is 21.7. The minimum absolute atomic E-state index is 0.0729. The van der Waals surface area contributed by atoms with Crippen LogP contribution >= 0.6 is 0 Å². The second-order valence-corrected chi connectivity index (χ2v) is 4.83. The molecule has 0 radical (unpaired) electrons. The number of carbonyl (C=O) groups is 2. The molecule has 1 atom stereocenters. The van der Waals surface area contributed by atoms with Crippen molar-refractivity contribution in [2.75, 3.05) is 45.9 Å². The molecule has 2 amide bonds. The first-order valence-corrected chi connectivity index (χ1v) is 7.23. The zero-order chi connectivity index (χ0) is 14.8. The molecule has 2 saturated heterocycles. The maximum Gasteiger partial charge on any atom is 0.409 e. The summed E-state index contributed by atoms with van der Waals surface area (Å²) >= 11 is 0. The lowest BCUT2D eigenvalue weighted by Gasteiger charge is -2.26. The fraction of sp³-hybridized carbons (Fsp3) is 0.846. The van der Waals surface area contributed by atoms with Gasteiger partial charge in [-0.1, -0.05) is 0 Å². The van der Waals surface area contributed by atoms with Gasteiger partial charge in [0.15, 0.2) is 0 Å². The van der Waals surface area contributed by atoms with E-state index in [2.05, 4.69) is 16.0 Å². The average molecular weight is 286 g/mol. The first-order valence-electron chi connectivity index (χ1n) is 7.23. The summed E-state index contributed by atoms with van der Waals surface area (Å²) < 4.78 is 4.84. The summed E-state index contributed by atoms with van der Waals surface area (Å²) in [5.41, 5.74) is 0. The Labute approximate surface area is 120 Å². The van der Waals surface area contributed by atoms with Crippen molar-refractivity contribution in [3.63, 3.8) is 0 Å². The fourth-order valence-corrected chi connectivity index (χ4v) is 2.13. The van der Waals surface area contributed by atoms with Gasteiger partial charge >= 0.3 is 6.09 Å². The van der Waals surface area contributed by atoms with E-state index in [4.69, 9.17) is 4.74 Å². The number of nitrogens with one attached hydrogen (secondary N) is 3. The van der Waals surface area contributed by atoms with Gasteiger partial charge in [0.2, 0.25) is 5.91 Å². The molecule has 2 fully saturated rings. The van der Waals surface area contributed by atoms with Gasteiger partial charge in [0.05, 0.1) is 6.61 Å². The summed E-state index contributed by atoms with van der Waals surface area (Å²) in [4.78, 5) is 23.3. The van der Waals surface area contributed by atoms with Crippen LogP contribution in [0.1, 0.15) is 20.3 Å². The van der Waals surface area contributed by atoms with Crippen LogP contribution in [0.2, 0.25) is 0 Å². The van der Waals surface area contributed by atoms with Gasteiger partial charge in [-0.25, -0.2) is 4.79 Å². The van der Waals surface area contributed by atoms with Crippen LogP contribution in [0, 0.1) is 0 Å². The minimum atomic E-state index is -0.186. The van der Waals surface area contributed by atoms with Crippen LogP contribution in [0.3, 0.4) is 0 Å². The smallest absolute Gasteiger partial charge is 0.409 e. The SMILES string of the molecule is CC(=O)NC1CCNC1.CCOC(=O)N1CCNCC1. The highest BCUT2D eigenvalue weighted by Crippen LogP contribution is 1.96. The Morgan fingerprint density at radius 3 is 2.45 bits per heavy atom. The number of ether oxygens (including phenoxy) is 1. The monoisotopic (exact) mass is 286 g/mol. The molecule has 20 heavy (non-hydrogen) atoms. The van der Waals surface area contributed by atoms with E-state index in [0.29, 0.717) is 12.6 Å². The summed E-state index contributed by atoms with van der Waals surface area (Å²) in [5, 5.41) is 9.17. The van der Waals surface area contributed by atoms with Crippen LogP contribution in [0.15, 0.2) is 0 Å². The van der Waals surface area contributed by atoms with E-state index < -0.39 is 0 Å². The molecule has 0 spiro atoms. The van der Waals surface area contributed by atoms with Crippen LogP contribution in [0.4, 0.5) is 4.79 Å². The molecule has 0 bridgehead atoms. The fourth-order valence-electron chi connectivity index (χ4n) is 2.13. The Kier molecular flexibility index (Phi) is 7.98. The number of hydrogen-bond donors (Lipinski definition) is 3. The van der Waals surface area contributed by atoms with E-state index in [1.807, 2.05) is 6.92 Å². The summed E-state index contributed by atoms with van der Waals surface area (Å²) in [6.45, 7) is 9.07. The van der Waals surface area contributed by atoms with Crippen molar-refractivity contribution in [3.8, 4) is 0 Å². The van der Waals surface area contributed by atoms with E-state index >= 15 is 0 Å². The maximum absolute atomic E-state index is 11.1. The summed E-state index contributed by atoms with van der Waals surface area (Å²) in [7, 11) is 0. The number of amides is 2. The van der Waals surface area contributed by atoms with Gasteiger partial charge in [-0.05, 0) is 19.9 Å². The average Bonchev–Trinajstić information content (AvgIpc) is 2.93. The van der Waals surface area contributed by atoms with E-state index in [9.17, 15) is 9.59 Å². The lowest BCUT2D eigenvalue weighted by atomic mass is 10.3. The van der Waals surface area contributed by atoms with E-state index in [-0.39, 0.29) is 12.0 Å². The molecule has 0 aromatic rings. The number of piperazine rings is 1. The van der Waals surface area contributed by atoms with Gasteiger partial charge in [0.1, 0.15) is 0 Å². The Morgan fingerprint density at radius 2 is 1.95 bits per heavy atom. The van der Waals surface area contributed by atoms with Crippen LogP contribution in [-0.2, 0) is 9.53 Å². The Hall–Kier alpha value is -1.34. The van der Waals surface area contributed by atoms with Gasteiger partial charge < -0.3 is 25.6 Å². The second-order valence-electron chi connectivity index (χ2n) is 4.83. The van der Waals surface area contributed by atoms with Crippen LogP contribution in [0.5, 0.6) is 0 Å². The molecule has 2 aliphatic heterocycles. The first-order chi connectivity index (χ1) is 9.63. The molecule has 0 aliphatic carbocycles.